The van der Waals surface area contributed by atoms with Gasteiger partial charge in [0.25, 0.3) is 0 Å². The molecule has 2 rings (SSSR count). The van der Waals surface area contributed by atoms with Crippen molar-refractivity contribution < 1.29 is 4.79 Å². The molecule has 1 N–H and O–H groups in total. The van der Waals surface area contributed by atoms with Gasteiger partial charge in [0.1, 0.15) is 0 Å². The molecule has 0 unspecified atom stereocenters. The van der Waals surface area contributed by atoms with Crippen molar-refractivity contribution in [2.24, 2.45) is 12.1 Å². The van der Waals surface area contributed by atoms with Crippen LogP contribution in [-0.4, -0.2) is 11.0 Å². The highest BCUT2D eigenvalue weighted by Gasteiger charge is 2.08. The van der Waals surface area contributed by atoms with Gasteiger partial charge in [-0.1, -0.05) is 41.7 Å². The fourth-order valence-corrected chi connectivity index (χ4v) is 2.71. The lowest BCUT2D eigenvalue weighted by atomic mass is 10.1. The van der Waals surface area contributed by atoms with Gasteiger partial charge in [-0.25, -0.2) is 5.43 Å². The Morgan fingerprint density at radius 2 is 2.06 bits per heavy atom. The van der Waals surface area contributed by atoms with Crippen LogP contribution in [0.2, 0.25) is 0 Å². The van der Waals surface area contributed by atoms with E-state index in [1.807, 2.05) is 36.7 Å². The maximum atomic E-state index is 10.2. The topological polar surface area (TPSA) is 46.4 Å². The highest BCUT2D eigenvalue weighted by Crippen LogP contribution is 2.23. The van der Waals surface area contributed by atoms with Crippen LogP contribution >= 0.6 is 11.3 Å². The van der Waals surface area contributed by atoms with Crippen molar-refractivity contribution in [2.45, 2.75) is 6.92 Å². The highest BCUT2D eigenvalue weighted by molar-refractivity contribution is 7.09. The zero-order valence-corrected chi connectivity index (χ0v) is 10.5. The van der Waals surface area contributed by atoms with Crippen molar-refractivity contribution in [1.29, 1.82) is 0 Å². The van der Waals surface area contributed by atoms with Gasteiger partial charge < -0.3 is 4.57 Å². The Hall–Kier alpha value is -1.88. The molecular formula is C12H13N3OS. The number of aromatic nitrogens is 1. The molecule has 0 saturated heterocycles. The van der Waals surface area contributed by atoms with E-state index in [2.05, 4.69) is 22.7 Å². The summed E-state index contributed by atoms with van der Waals surface area (Å²) in [6.45, 7) is 2.05. The molecule has 0 bridgehead atoms. The molecule has 0 spiro atoms. The van der Waals surface area contributed by atoms with Crippen LogP contribution in [0.25, 0.3) is 11.3 Å². The van der Waals surface area contributed by atoms with Gasteiger partial charge in [0, 0.05) is 11.9 Å². The number of nitrogens with one attached hydrogen (secondary N) is 1. The zero-order valence-electron chi connectivity index (χ0n) is 9.68. The third-order valence-corrected chi connectivity index (χ3v) is 3.51. The number of thiazole rings is 1. The van der Waals surface area contributed by atoms with Gasteiger partial charge >= 0.3 is 0 Å². The number of aryl methyl sites for hydroxylation is 1. The molecule has 17 heavy (non-hydrogen) atoms. The monoisotopic (exact) mass is 247 g/mol. The molecule has 1 amide bonds. The van der Waals surface area contributed by atoms with Gasteiger partial charge in [-0.15, -0.1) is 5.10 Å². The molecule has 0 aliphatic carbocycles. The molecule has 1 aromatic heterocycles. The van der Waals surface area contributed by atoms with E-state index in [0.717, 1.165) is 16.1 Å². The summed E-state index contributed by atoms with van der Waals surface area (Å²) in [7, 11) is 1.94. The number of hydrogen-bond acceptors (Lipinski definition) is 3. The van der Waals surface area contributed by atoms with Gasteiger partial charge in [-0.05, 0) is 12.5 Å². The lowest BCUT2D eigenvalue weighted by Crippen LogP contribution is -2.16. The molecule has 0 aliphatic heterocycles. The number of rotatable bonds is 3. The van der Waals surface area contributed by atoms with E-state index in [-0.39, 0.29) is 0 Å². The van der Waals surface area contributed by atoms with Crippen molar-refractivity contribution in [3.8, 4) is 11.3 Å². The Morgan fingerprint density at radius 3 is 2.71 bits per heavy atom. The molecule has 1 aromatic carbocycles. The summed E-state index contributed by atoms with van der Waals surface area (Å²) in [4.78, 5) is 12.2. The van der Waals surface area contributed by atoms with Gasteiger partial charge in [0.2, 0.25) is 11.2 Å². The van der Waals surface area contributed by atoms with Gasteiger partial charge in [0.05, 0.1) is 5.69 Å². The number of carbonyl (C=O) groups is 1. The fraction of sp³-hybridized carbons (Fsp3) is 0.167. The Balaban J connectivity index is 2.57. The molecule has 4 nitrogen and oxygen atoms in total. The second-order valence-corrected chi connectivity index (χ2v) is 4.75. The maximum absolute atomic E-state index is 10.2. The van der Waals surface area contributed by atoms with Crippen LogP contribution in [0.1, 0.15) is 4.88 Å². The number of carbonyl (C=O) groups excluding carboxylic acids is 1. The van der Waals surface area contributed by atoms with Crippen molar-refractivity contribution >= 4 is 17.7 Å². The molecule has 88 valence electrons. The minimum Gasteiger partial charge on any atom is -0.318 e. The third kappa shape index (κ3) is 2.29. The van der Waals surface area contributed by atoms with Crippen LogP contribution in [-0.2, 0) is 11.8 Å². The van der Waals surface area contributed by atoms with Gasteiger partial charge in [-0.2, -0.15) is 0 Å². The van der Waals surface area contributed by atoms with Crippen LogP contribution in [0.5, 0.6) is 0 Å². The quantitative estimate of drug-likeness (QED) is 0.650. The summed E-state index contributed by atoms with van der Waals surface area (Å²) in [6.07, 6.45) is 0.567. The summed E-state index contributed by atoms with van der Waals surface area (Å²) < 4.78 is 1.98. The second kappa shape index (κ2) is 4.97. The van der Waals surface area contributed by atoms with Crippen LogP contribution in [0.15, 0.2) is 35.4 Å². The van der Waals surface area contributed by atoms with Crippen LogP contribution < -0.4 is 10.2 Å². The number of amides is 1. The van der Waals surface area contributed by atoms with E-state index in [1.54, 1.807) is 11.3 Å². The molecule has 0 aliphatic rings. The SMILES string of the molecule is Cc1sc(=NNC=O)n(C)c1-c1ccccc1. The van der Waals surface area contributed by atoms with E-state index in [9.17, 15) is 4.79 Å². The summed E-state index contributed by atoms with van der Waals surface area (Å²) in [6, 6.07) is 10.1. The average Bonchev–Trinajstić information content (AvgIpc) is 2.63. The van der Waals surface area contributed by atoms with E-state index >= 15 is 0 Å². The Kier molecular flexibility index (Phi) is 3.39. The largest absolute Gasteiger partial charge is 0.318 e. The standard InChI is InChI=1S/C12H13N3OS/c1-9-11(10-6-4-3-5-7-10)15(2)12(17-9)14-13-8-16/h3-8H,1-2H3,(H,13,16). The normalized spacial score (nSPS) is 11.5. The number of benzene rings is 1. The molecule has 2 aromatic rings. The lowest BCUT2D eigenvalue weighted by molar-refractivity contribution is -0.109. The van der Waals surface area contributed by atoms with E-state index in [4.69, 9.17) is 0 Å². The second-order valence-electron chi connectivity index (χ2n) is 3.57. The summed E-state index contributed by atoms with van der Waals surface area (Å²) >= 11 is 1.55. The minimum absolute atomic E-state index is 0.567. The van der Waals surface area contributed by atoms with Crippen molar-refractivity contribution in [1.82, 2.24) is 9.99 Å². The highest BCUT2D eigenvalue weighted by atomic mass is 32.1. The minimum atomic E-state index is 0.567. The van der Waals surface area contributed by atoms with Crippen molar-refractivity contribution in [2.75, 3.05) is 0 Å². The first-order valence-electron chi connectivity index (χ1n) is 5.18. The molecule has 0 atom stereocenters. The first-order valence-corrected chi connectivity index (χ1v) is 6.00. The predicted molar refractivity (Wildman–Crippen MR) is 68.2 cm³/mol. The van der Waals surface area contributed by atoms with E-state index in [0.29, 0.717) is 6.41 Å². The van der Waals surface area contributed by atoms with Crippen molar-refractivity contribution in [3.05, 3.63) is 40.0 Å². The first-order chi connectivity index (χ1) is 8.24. The number of hydrogen-bond donors (Lipinski definition) is 1. The molecule has 0 fully saturated rings. The van der Waals surface area contributed by atoms with E-state index in [1.165, 1.54) is 4.88 Å². The summed E-state index contributed by atoms with van der Waals surface area (Å²) in [5.74, 6) is 0. The summed E-state index contributed by atoms with van der Waals surface area (Å²) in [5.41, 5.74) is 4.61. The fourth-order valence-electron chi connectivity index (χ4n) is 1.76. The summed E-state index contributed by atoms with van der Waals surface area (Å²) in [5, 5.41) is 3.99. The van der Waals surface area contributed by atoms with Crippen molar-refractivity contribution in [3.63, 3.8) is 0 Å². The van der Waals surface area contributed by atoms with Crippen LogP contribution in [0, 0.1) is 6.92 Å². The zero-order chi connectivity index (χ0) is 12.3. The molecule has 0 saturated carbocycles. The molecule has 0 radical (unpaired) electrons. The van der Waals surface area contributed by atoms with Crippen LogP contribution in [0.3, 0.4) is 0 Å². The Labute approximate surface area is 103 Å². The Bertz CT molecular complexity index is 584. The molecule has 1 heterocycles. The van der Waals surface area contributed by atoms with Crippen LogP contribution in [0.4, 0.5) is 0 Å². The van der Waals surface area contributed by atoms with Gasteiger partial charge in [-0.3, -0.25) is 4.79 Å². The Morgan fingerprint density at radius 1 is 1.35 bits per heavy atom. The molecular weight excluding hydrogens is 234 g/mol. The third-order valence-electron chi connectivity index (χ3n) is 2.46. The maximum Gasteiger partial charge on any atom is 0.227 e. The van der Waals surface area contributed by atoms with E-state index < -0.39 is 0 Å². The predicted octanol–water partition coefficient (Wildman–Crippen LogP) is 1.62. The molecule has 5 heteroatoms. The number of nitrogens with zero attached hydrogens (tertiary/aromatic N) is 2. The lowest BCUT2D eigenvalue weighted by Gasteiger charge is -2.03. The van der Waals surface area contributed by atoms with Gasteiger partial charge in [0.15, 0.2) is 0 Å². The smallest absolute Gasteiger partial charge is 0.227 e. The average molecular weight is 247 g/mol. The first kappa shape index (κ1) is 11.6.